The van der Waals surface area contributed by atoms with Crippen molar-refractivity contribution in [3.8, 4) is 0 Å². The summed E-state index contributed by atoms with van der Waals surface area (Å²) in [6, 6.07) is 35.6. The molecule has 14 nitrogen and oxygen atoms in total. The van der Waals surface area contributed by atoms with Crippen molar-refractivity contribution >= 4 is 138 Å². The first-order chi connectivity index (χ1) is 38.5. The number of thiocarbonyl (C=S) groups is 6. The van der Waals surface area contributed by atoms with Gasteiger partial charge in [0, 0.05) is 113 Å². The molecule has 0 aromatic heterocycles. The van der Waals surface area contributed by atoms with Crippen LogP contribution in [0.3, 0.4) is 0 Å². The monoisotopic (exact) mass is 1210 g/mol. The number of halogens is 6. The summed E-state index contributed by atoms with van der Waals surface area (Å²) >= 11 is 32.1. The van der Waals surface area contributed by atoms with Crippen molar-refractivity contribution in [1.82, 2.24) is 41.7 Å². The van der Waals surface area contributed by atoms with Crippen molar-refractivity contribution in [3.63, 3.8) is 0 Å². The number of benzene rings is 6. The van der Waals surface area contributed by atoms with Crippen LogP contribution >= 0.6 is 73.3 Å². The molecule has 0 aliphatic heterocycles. The number of hydrogen-bond acceptors (Lipinski definition) is 8. The molecular weight excluding hydrogens is 1150 g/mol. The van der Waals surface area contributed by atoms with Crippen molar-refractivity contribution in [3.05, 3.63) is 180 Å². The van der Waals surface area contributed by atoms with Crippen LogP contribution in [-0.2, 0) is 0 Å². The van der Waals surface area contributed by atoms with E-state index in [1.54, 1.807) is 72.8 Å². The fourth-order valence-electron chi connectivity index (χ4n) is 6.89. The van der Waals surface area contributed by atoms with Crippen LogP contribution in [0.25, 0.3) is 0 Å². The van der Waals surface area contributed by atoms with Crippen molar-refractivity contribution < 1.29 is 26.3 Å². The van der Waals surface area contributed by atoms with Gasteiger partial charge in [0.25, 0.3) is 0 Å². The van der Waals surface area contributed by atoms with Crippen LogP contribution in [0, 0.1) is 34.9 Å². The highest BCUT2D eigenvalue weighted by Crippen LogP contribution is 2.13. The van der Waals surface area contributed by atoms with Crippen LogP contribution < -0.4 is 63.8 Å². The van der Waals surface area contributed by atoms with E-state index in [9.17, 15) is 26.3 Å². The molecule has 0 spiro atoms. The highest BCUT2D eigenvalue weighted by molar-refractivity contribution is 7.81. The van der Waals surface area contributed by atoms with E-state index in [2.05, 4.69) is 73.6 Å². The van der Waals surface area contributed by atoms with Gasteiger partial charge in [-0.25, -0.2) is 26.3 Å². The molecule has 6 aromatic carbocycles. The zero-order chi connectivity index (χ0) is 57.5. The van der Waals surface area contributed by atoms with E-state index in [4.69, 9.17) is 73.3 Å². The van der Waals surface area contributed by atoms with Gasteiger partial charge in [0.1, 0.15) is 34.9 Å². The topological polar surface area (TPSA) is 151 Å². The smallest absolute Gasteiger partial charge is 0.170 e. The fourth-order valence-corrected chi connectivity index (χ4v) is 8.21. The van der Waals surface area contributed by atoms with Gasteiger partial charge in [-0.05, 0) is 219 Å². The third kappa shape index (κ3) is 27.2. The van der Waals surface area contributed by atoms with Gasteiger partial charge >= 0.3 is 0 Å². The van der Waals surface area contributed by atoms with Crippen molar-refractivity contribution in [2.24, 2.45) is 0 Å². The molecule has 0 fully saturated rings. The number of nitrogens with one attached hydrogen (secondary N) is 12. The van der Waals surface area contributed by atoms with Crippen LogP contribution in [0.2, 0.25) is 0 Å². The van der Waals surface area contributed by atoms with E-state index < -0.39 is 0 Å². The lowest BCUT2D eigenvalue weighted by Crippen LogP contribution is -2.44. The minimum atomic E-state index is -0.318. The van der Waals surface area contributed by atoms with Crippen LogP contribution in [0.1, 0.15) is 0 Å². The molecule has 80 heavy (non-hydrogen) atoms. The first-order valence-electron chi connectivity index (χ1n) is 24.8. The molecule has 0 heterocycles. The Balaban J connectivity index is 0.000000294. The Labute approximate surface area is 494 Å². The van der Waals surface area contributed by atoms with Gasteiger partial charge in [0.2, 0.25) is 0 Å². The first kappa shape index (κ1) is 63.8. The summed E-state index contributed by atoms with van der Waals surface area (Å²) in [5.41, 5.74) is 4.13. The van der Waals surface area contributed by atoms with E-state index in [-0.39, 0.29) is 34.9 Å². The van der Waals surface area contributed by atoms with E-state index in [0.29, 0.717) is 143 Å². The van der Waals surface area contributed by atoms with Crippen LogP contribution in [0.4, 0.5) is 60.5 Å². The van der Waals surface area contributed by atoms with Crippen molar-refractivity contribution in [1.29, 1.82) is 0 Å². The summed E-state index contributed by atoms with van der Waals surface area (Å²) in [6.07, 6.45) is 0. The van der Waals surface area contributed by atoms with Gasteiger partial charge in [0.15, 0.2) is 30.7 Å². The molecule has 0 aliphatic carbocycles. The molecule has 0 amide bonds. The Bertz CT molecular complexity index is 2370. The van der Waals surface area contributed by atoms with Gasteiger partial charge in [-0.15, -0.1) is 0 Å². The second-order valence-corrected chi connectivity index (χ2v) is 19.5. The molecule has 0 bridgehead atoms. The van der Waals surface area contributed by atoms with E-state index in [0.717, 1.165) is 0 Å². The zero-order valence-electron chi connectivity index (χ0n) is 43.0. The number of anilines is 6. The summed E-state index contributed by atoms with van der Waals surface area (Å²) < 4.78 is 78.7. The molecule has 0 saturated carbocycles. The van der Waals surface area contributed by atoms with Crippen LogP contribution in [0.15, 0.2) is 146 Å². The lowest BCUT2D eigenvalue weighted by Gasteiger charge is -2.24. The molecule has 6 rings (SSSR count). The average Bonchev–Trinajstić information content (AvgIpc) is 3.42. The SMILES string of the molecule is Fc1ccc(NC(=S)NCCN(CCNC(=S)Nc2ccc(F)cc2)CCNC(=S)Nc2ccc(F)cc2)cc1.Fc1ccc(NC(=S)NCCN(CCNC(=S)Nc2ccc(F)cc2)CCNC(=S)Nc2ccc(F)cc2)cc1. The first-order valence-corrected chi connectivity index (χ1v) is 27.3. The predicted octanol–water partition coefficient (Wildman–Crippen LogP) is 9.33. The van der Waals surface area contributed by atoms with Crippen LogP contribution in [0.5, 0.6) is 0 Å². The van der Waals surface area contributed by atoms with Gasteiger partial charge < -0.3 is 63.8 Å². The lowest BCUT2D eigenvalue weighted by atomic mass is 10.3. The Hall–Kier alpha value is -7.04. The maximum Gasteiger partial charge on any atom is 0.170 e. The third-order valence-corrected chi connectivity index (χ3v) is 12.4. The third-order valence-electron chi connectivity index (χ3n) is 10.9. The molecule has 0 radical (unpaired) electrons. The summed E-state index contributed by atoms with van der Waals surface area (Å²) in [5, 5.41) is 39.7. The number of nitrogens with zero attached hydrogens (tertiary/aromatic N) is 2. The summed E-state index contributed by atoms with van der Waals surface area (Å²) in [6.45, 7) is 7.30. The maximum absolute atomic E-state index is 13.1. The highest BCUT2D eigenvalue weighted by atomic mass is 32.1. The predicted molar refractivity (Wildman–Crippen MR) is 337 cm³/mol. The van der Waals surface area contributed by atoms with Crippen LogP contribution in [-0.4, -0.2) is 119 Å². The Morgan fingerprint density at radius 1 is 0.237 bits per heavy atom. The molecule has 424 valence electrons. The summed E-state index contributed by atoms with van der Waals surface area (Å²) in [5.74, 6) is -1.91. The Morgan fingerprint density at radius 2 is 0.362 bits per heavy atom. The maximum atomic E-state index is 13.1. The standard InChI is InChI=1S/2C27H30F3N7S3/c2*28-19-1-7-22(8-2-19)34-25(38)31-13-16-37(17-14-32-26(39)35-23-9-3-20(29)4-10-23)18-15-33-27(40)36-24-11-5-21(30)6-12-24/h2*1-12H,13-18H2,(H2,31,34,38)(H2,32,35,39)(H2,33,36,40). The second-order valence-electron chi connectivity index (χ2n) is 17.0. The number of hydrogen-bond donors (Lipinski definition) is 12. The van der Waals surface area contributed by atoms with Gasteiger partial charge in [0.05, 0.1) is 0 Å². The quantitative estimate of drug-likeness (QED) is 0.0206. The molecule has 26 heteroatoms. The largest absolute Gasteiger partial charge is 0.361 e. The zero-order valence-corrected chi connectivity index (χ0v) is 47.9. The minimum absolute atomic E-state index is 0.318. The van der Waals surface area contributed by atoms with Gasteiger partial charge in [-0.3, -0.25) is 9.80 Å². The molecule has 0 unspecified atom stereocenters. The van der Waals surface area contributed by atoms with Crippen molar-refractivity contribution in [2.75, 3.05) is 110 Å². The number of rotatable bonds is 24. The fraction of sp³-hybridized carbons (Fsp3) is 0.222. The highest BCUT2D eigenvalue weighted by Gasteiger charge is 2.10. The molecule has 0 atom stereocenters. The molecule has 6 aromatic rings. The normalized spacial score (nSPS) is 10.5. The lowest BCUT2D eigenvalue weighted by molar-refractivity contribution is 0.286. The van der Waals surface area contributed by atoms with E-state index in [1.807, 2.05) is 0 Å². The minimum Gasteiger partial charge on any atom is -0.361 e. The molecule has 12 N–H and O–H groups in total. The van der Waals surface area contributed by atoms with Crippen molar-refractivity contribution in [2.45, 2.75) is 0 Å². The van der Waals surface area contributed by atoms with Gasteiger partial charge in [-0.1, -0.05) is 0 Å². The Kier molecular flexibility index (Phi) is 28.3. The second kappa shape index (κ2) is 35.5. The molecular formula is C54H60F6N14S6. The van der Waals surface area contributed by atoms with E-state index >= 15 is 0 Å². The average molecular weight is 1210 g/mol. The Morgan fingerprint density at radius 3 is 0.487 bits per heavy atom. The molecule has 0 aliphatic rings. The summed E-state index contributed by atoms with van der Waals surface area (Å²) in [7, 11) is 0. The van der Waals surface area contributed by atoms with Gasteiger partial charge in [-0.2, -0.15) is 0 Å². The molecule has 0 saturated heterocycles. The van der Waals surface area contributed by atoms with E-state index in [1.165, 1.54) is 72.8 Å². The summed E-state index contributed by atoms with van der Waals surface area (Å²) in [4.78, 5) is 4.38.